The number of nitrogens with zero attached hydrogens (tertiary/aromatic N) is 4. The SMILES string of the molecule is COC[C@H](C)n1c(CCCC(=O)N2CCc3[nH][nH]c(=O)c3CC2)nc2cccnc21. The maximum absolute atomic E-state index is 12.8. The predicted octanol–water partition coefficient (Wildman–Crippen LogP) is 1.61. The minimum absolute atomic E-state index is 0.0722. The molecule has 0 spiro atoms. The maximum atomic E-state index is 12.8. The number of fused-ring (bicyclic) bond motifs is 2. The number of carbonyl (C=O) groups excluding carboxylic acids is 1. The van der Waals surface area contributed by atoms with Crippen molar-refractivity contribution >= 4 is 17.1 Å². The van der Waals surface area contributed by atoms with Crippen molar-refractivity contribution in [1.29, 1.82) is 0 Å². The first-order chi connectivity index (χ1) is 14.6. The Kier molecular flexibility index (Phi) is 5.98. The number of hydrogen-bond acceptors (Lipinski definition) is 5. The third-order valence-electron chi connectivity index (χ3n) is 5.74. The molecule has 0 saturated carbocycles. The molecule has 160 valence electrons. The average Bonchev–Trinajstić information content (AvgIpc) is 3.19. The van der Waals surface area contributed by atoms with E-state index >= 15 is 0 Å². The average molecular weight is 412 g/mol. The van der Waals surface area contributed by atoms with Gasteiger partial charge in [0.2, 0.25) is 5.91 Å². The van der Waals surface area contributed by atoms with Gasteiger partial charge in [0.05, 0.1) is 12.6 Å². The van der Waals surface area contributed by atoms with E-state index in [1.165, 1.54) is 0 Å². The second-order valence-electron chi connectivity index (χ2n) is 7.82. The van der Waals surface area contributed by atoms with Crippen molar-refractivity contribution < 1.29 is 9.53 Å². The van der Waals surface area contributed by atoms with E-state index in [1.807, 2.05) is 17.0 Å². The minimum atomic E-state index is -0.0722. The van der Waals surface area contributed by atoms with E-state index in [4.69, 9.17) is 9.72 Å². The number of pyridine rings is 1. The van der Waals surface area contributed by atoms with Crippen molar-refractivity contribution in [2.75, 3.05) is 26.8 Å². The lowest BCUT2D eigenvalue weighted by Crippen LogP contribution is -2.33. The fourth-order valence-electron chi connectivity index (χ4n) is 4.24. The largest absolute Gasteiger partial charge is 0.383 e. The smallest absolute Gasteiger partial charge is 0.267 e. The Balaban J connectivity index is 1.39. The molecule has 3 aromatic heterocycles. The van der Waals surface area contributed by atoms with Crippen LogP contribution >= 0.6 is 0 Å². The first-order valence-electron chi connectivity index (χ1n) is 10.5. The number of aromatic amines is 2. The predicted molar refractivity (Wildman–Crippen MR) is 112 cm³/mol. The molecule has 2 N–H and O–H groups in total. The molecule has 9 nitrogen and oxygen atoms in total. The molecule has 0 fully saturated rings. The fraction of sp³-hybridized carbons (Fsp3) is 0.524. The van der Waals surface area contributed by atoms with Gasteiger partial charge in [-0.05, 0) is 31.9 Å². The number of carbonyl (C=O) groups is 1. The summed E-state index contributed by atoms with van der Waals surface area (Å²) < 4.78 is 7.45. The lowest BCUT2D eigenvalue weighted by atomic mass is 10.1. The standard InChI is InChI=1S/C21H28N6O3/c1-14(13-30-2)27-18(23-17-5-4-10-22-20(17)27)6-3-7-19(28)26-11-8-15-16(9-12-26)24-25-21(15)29/h4-5,10,14H,3,6-9,11-13H2,1-2H3,(H2,24,25,29)/t14-/m0/s1. The summed E-state index contributed by atoms with van der Waals surface area (Å²) in [4.78, 5) is 35.7. The zero-order valence-electron chi connectivity index (χ0n) is 17.5. The van der Waals surface area contributed by atoms with Gasteiger partial charge in [0.25, 0.3) is 5.56 Å². The van der Waals surface area contributed by atoms with Gasteiger partial charge in [-0.1, -0.05) is 0 Å². The summed E-state index contributed by atoms with van der Waals surface area (Å²) in [5.41, 5.74) is 3.34. The van der Waals surface area contributed by atoms with E-state index in [9.17, 15) is 9.59 Å². The number of rotatable bonds is 7. The van der Waals surface area contributed by atoms with E-state index in [0.717, 1.165) is 28.2 Å². The fourth-order valence-corrected chi connectivity index (χ4v) is 4.24. The van der Waals surface area contributed by atoms with Crippen LogP contribution in [0, 0.1) is 0 Å². The minimum Gasteiger partial charge on any atom is -0.383 e. The van der Waals surface area contributed by atoms with Crippen molar-refractivity contribution in [3.63, 3.8) is 0 Å². The molecule has 0 aliphatic carbocycles. The highest BCUT2D eigenvalue weighted by Crippen LogP contribution is 2.21. The zero-order chi connectivity index (χ0) is 21.1. The van der Waals surface area contributed by atoms with Gasteiger partial charge in [-0.15, -0.1) is 0 Å². The Hall–Kier alpha value is -2.94. The number of imidazole rings is 1. The summed E-state index contributed by atoms with van der Waals surface area (Å²) in [5.74, 6) is 1.06. The van der Waals surface area contributed by atoms with Crippen LogP contribution in [0.5, 0.6) is 0 Å². The summed E-state index contributed by atoms with van der Waals surface area (Å²) in [6.07, 6.45) is 4.91. The second kappa shape index (κ2) is 8.83. The van der Waals surface area contributed by atoms with E-state index in [1.54, 1.807) is 13.3 Å². The third-order valence-corrected chi connectivity index (χ3v) is 5.74. The van der Waals surface area contributed by atoms with Gasteiger partial charge >= 0.3 is 0 Å². The molecule has 1 amide bonds. The molecule has 0 unspecified atom stereocenters. The molecule has 30 heavy (non-hydrogen) atoms. The van der Waals surface area contributed by atoms with Gasteiger partial charge in [-0.2, -0.15) is 0 Å². The van der Waals surface area contributed by atoms with Crippen molar-refractivity contribution in [3.8, 4) is 0 Å². The number of aryl methyl sites for hydroxylation is 1. The molecule has 9 heteroatoms. The van der Waals surface area contributed by atoms with Crippen molar-refractivity contribution in [2.45, 2.75) is 45.1 Å². The highest BCUT2D eigenvalue weighted by atomic mass is 16.5. The topological polar surface area (TPSA) is 109 Å². The van der Waals surface area contributed by atoms with E-state index in [-0.39, 0.29) is 17.5 Å². The van der Waals surface area contributed by atoms with E-state index in [0.29, 0.717) is 51.8 Å². The number of ether oxygens (including phenoxy) is 1. The molecule has 0 aromatic carbocycles. The quantitative estimate of drug-likeness (QED) is 0.613. The maximum Gasteiger partial charge on any atom is 0.267 e. The van der Waals surface area contributed by atoms with Crippen LogP contribution in [-0.4, -0.2) is 62.3 Å². The molecule has 4 heterocycles. The summed E-state index contributed by atoms with van der Waals surface area (Å²) in [5, 5.41) is 5.56. The molecule has 3 aromatic rings. The van der Waals surface area contributed by atoms with Crippen molar-refractivity contribution in [2.24, 2.45) is 0 Å². The van der Waals surface area contributed by atoms with Crippen LogP contribution in [0.2, 0.25) is 0 Å². The van der Waals surface area contributed by atoms with Crippen molar-refractivity contribution in [1.82, 2.24) is 29.6 Å². The number of nitrogens with one attached hydrogen (secondary N) is 2. The third kappa shape index (κ3) is 4.02. The Bertz CT molecular complexity index is 1080. The number of H-pyrrole nitrogens is 2. The summed E-state index contributed by atoms with van der Waals surface area (Å²) >= 11 is 0. The van der Waals surface area contributed by atoms with Gasteiger partial charge in [0, 0.05) is 56.9 Å². The molecule has 0 radical (unpaired) electrons. The number of aromatic nitrogens is 5. The van der Waals surface area contributed by atoms with E-state index in [2.05, 4.69) is 26.7 Å². The van der Waals surface area contributed by atoms with E-state index < -0.39 is 0 Å². The van der Waals surface area contributed by atoms with Gasteiger partial charge in [0.15, 0.2) is 5.65 Å². The summed E-state index contributed by atoms with van der Waals surface area (Å²) in [7, 11) is 1.69. The number of amides is 1. The van der Waals surface area contributed by atoms with Crippen molar-refractivity contribution in [3.05, 3.63) is 45.8 Å². The Morgan fingerprint density at radius 1 is 1.30 bits per heavy atom. The Morgan fingerprint density at radius 3 is 2.97 bits per heavy atom. The highest BCUT2D eigenvalue weighted by molar-refractivity contribution is 5.76. The van der Waals surface area contributed by atoms with Crippen LogP contribution in [-0.2, 0) is 28.8 Å². The summed E-state index contributed by atoms with van der Waals surface area (Å²) in [6, 6.07) is 3.95. The molecule has 4 rings (SSSR count). The lowest BCUT2D eigenvalue weighted by molar-refractivity contribution is -0.131. The van der Waals surface area contributed by atoms with Gasteiger partial charge in [-0.3, -0.25) is 14.7 Å². The molecular weight excluding hydrogens is 384 g/mol. The first kappa shape index (κ1) is 20.3. The Labute approximate surface area is 174 Å². The van der Waals surface area contributed by atoms with Gasteiger partial charge < -0.3 is 19.3 Å². The first-order valence-corrected chi connectivity index (χ1v) is 10.5. The Morgan fingerprint density at radius 2 is 2.13 bits per heavy atom. The van der Waals surface area contributed by atoms with Crippen LogP contribution in [0.25, 0.3) is 11.2 Å². The molecule has 1 atom stereocenters. The van der Waals surface area contributed by atoms with Crippen LogP contribution < -0.4 is 5.56 Å². The van der Waals surface area contributed by atoms with Crippen LogP contribution in [0.4, 0.5) is 0 Å². The van der Waals surface area contributed by atoms with Crippen LogP contribution in [0.1, 0.15) is 42.9 Å². The molecular formula is C21H28N6O3. The summed E-state index contributed by atoms with van der Waals surface area (Å²) in [6.45, 7) is 3.87. The van der Waals surface area contributed by atoms with Gasteiger partial charge in [0.1, 0.15) is 11.3 Å². The van der Waals surface area contributed by atoms with Crippen LogP contribution in [0.3, 0.4) is 0 Å². The molecule has 1 aliphatic rings. The number of hydrogen-bond donors (Lipinski definition) is 2. The molecule has 0 bridgehead atoms. The lowest BCUT2D eigenvalue weighted by Gasteiger charge is -2.20. The molecule has 0 saturated heterocycles. The van der Waals surface area contributed by atoms with Gasteiger partial charge in [-0.25, -0.2) is 9.97 Å². The second-order valence-corrected chi connectivity index (χ2v) is 7.82. The number of methoxy groups -OCH3 is 1. The zero-order valence-corrected chi connectivity index (χ0v) is 17.5. The molecule has 1 aliphatic heterocycles. The normalized spacial score (nSPS) is 15.2. The highest BCUT2D eigenvalue weighted by Gasteiger charge is 2.22. The van der Waals surface area contributed by atoms with Crippen LogP contribution in [0.15, 0.2) is 23.1 Å². The monoisotopic (exact) mass is 412 g/mol.